The van der Waals surface area contributed by atoms with E-state index in [-0.39, 0.29) is 28.9 Å². The van der Waals surface area contributed by atoms with E-state index in [2.05, 4.69) is 79.4 Å². The van der Waals surface area contributed by atoms with Gasteiger partial charge in [-0.2, -0.15) is 5.10 Å². The van der Waals surface area contributed by atoms with Crippen LogP contribution in [0.2, 0.25) is 0 Å². The van der Waals surface area contributed by atoms with Crippen LogP contribution in [0.5, 0.6) is 5.75 Å². The summed E-state index contributed by atoms with van der Waals surface area (Å²) in [5.74, 6) is 2.73. The molecule has 2 saturated carbocycles. The summed E-state index contributed by atoms with van der Waals surface area (Å²) in [6, 6.07) is 15.3. The Bertz CT molecular complexity index is 1600. The van der Waals surface area contributed by atoms with Gasteiger partial charge in [-0.1, -0.05) is 24.3 Å². The highest BCUT2D eigenvalue weighted by atomic mass is 32.2. The van der Waals surface area contributed by atoms with E-state index in [1.165, 1.54) is 11.1 Å². The van der Waals surface area contributed by atoms with Gasteiger partial charge in [0.2, 0.25) is 5.91 Å². The van der Waals surface area contributed by atoms with Crippen molar-refractivity contribution in [1.29, 1.82) is 0 Å². The van der Waals surface area contributed by atoms with Gasteiger partial charge < -0.3 is 9.64 Å². The molecule has 0 spiro atoms. The van der Waals surface area contributed by atoms with Crippen LogP contribution in [0, 0.1) is 24.7 Å². The fourth-order valence-corrected chi connectivity index (χ4v) is 8.66. The zero-order chi connectivity index (χ0) is 33.7. The Morgan fingerprint density at radius 2 is 1.64 bits per heavy atom. The van der Waals surface area contributed by atoms with Crippen molar-refractivity contribution < 1.29 is 17.9 Å². The largest absolute Gasteiger partial charge is 0.496 e. The first-order valence-electron chi connectivity index (χ1n) is 17.8. The van der Waals surface area contributed by atoms with Crippen molar-refractivity contribution in [1.82, 2.24) is 9.78 Å². The minimum atomic E-state index is -3.04. The van der Waals surface area contributed by atoms with Crippen molar-refractivity contribution in [3.05, 3.63) is 66.0 Å². The number of hydrogen-bond acceptors (Lipinski definition) is 5. The average Bonchev–Trinajstić information content (AvgIpc) is 3.58. The van der Waals surface area contributed by atoms with E-state index in [1.807, 2.05) is 10.9 Å². The highest BCUT2D eigenvalue weighted by Crippen LogP contribution is 2.39. The van der Waals surface area contributed by atoms with Gasteiger partial charge in [-0.3, -0.25) is 9.48 Å². The van der Waals surface area contributed by atoms with Crippen LogP contribution < -0.4 is 9.64 Å². The lowest BCUT2D eigenvalue weighted by atomic mass is 9.77. The molecular formula is C39H55N3O4S. The average molecular weight is 662 g/mol. The number of hydrogen-bond donors (Lipinski definition) is 0. The van der Waals surface area contributed by atoms with E-state index in [0.717, 1.165) is 80.5 Å². The number of sulfone groups is 1. The van der Waals surface area contributed by atoms with Crippen LogP contribution >= 0.6 is 0 Å². The van der Waals surface area contributed by atoms with Gasteiger partial charge >= 0.3 is 0 Å². The summed E-state index contributed by atoms with van der Waals surface area (Å²) in [6.45, 7) is 10.6. The molecule has 2 aromatic carbocycles. The summed E-state index contributed by atoms with van der Waals surface area (Å²) in [4.78, 5) is 16.5. The van der Waals surface area contributed by atoms with E-state index in [0.29, 0.717) is 24.2 Å². The molecule has 0 N–H and O–H groups in total. The van der Waals surface area contributed by atoms with Gasteiger partial charge in [-0.05, 0) is 145 Å². The number of benzene rings is 2. The van der Waals surface area contributed by atoms with Crippen molar-refractivity contribution in [2.45, 2.75) is 110 Å². The van der Waals surface area contributed by atoms with Gasteiger partial charge in [0, 0.05) is 36.0 Å². The number of rotatable bonds is 12. The molecule has 256 valence electrons. The number of aromatic nitrogens is 2. The number of anilines is 1. The Morgan fingerprint density at radius 1 is 0.936 bits per heavy atom. The maximum absolute atomic E-state index is 14.4. The molecule has 0 unspecified atom stereocenters. The van der Waals surface area contributed by atoms with Crippen molar-refractivity contribution in [2.24, 2.45) is 17.8 Å². The Morgan fingerprint density at radius 3 is 2.26 bits per heavy atom. The predicted molar refractivity (Wildman–Crippen MR) is 192 cm³/mol. The first kappa shape index (κ1) is 35.2. The molecule has 8 heteroatoms. The maximum Gasteiger partial charge on any atom is 0.230 e. The molecule has 0 saturated heterocycles. The second-order valence-electron chi connectivity index (χ2n) is 14.7. The Labute approximate surface area is 283 Å². The summed E-state index contributed by atoms with van der Waals surface area (Å²) in [5.41, 5.74) is 5.66. The molecule has 2 aliphatic rings. The number of nitrogens with zero attached hydrogens (tertiary/aromatic N) is 3. The third-order valence-corrected chi connectivity index (χ3v) is 13.0. The fraction of sp³-hybridized carbons (Fsp3) is 0.590. The van der Waals surface area contributed by atoms with Crippen molar-refractivity contribution in [2.75, 3.05) is 24.3 Å². The first-order chi connectivity index (χ1) is 22.4. The minimum absolute atomic E-state index is 0.0288. The molecule has 0 atom stereocenters. The Hall–Kier alpha value is -3.13. The SMILES string of the molecule is COc1ccc(C2CCC(CN(C(=O)C3CCC(CCS(=O)(=O)C(C)C)CC3)c3cccc(-c4cnn(C(C)C)c4)c3)CC2)cc1C. The molecule has 2 aliphatic carbocycles. The second-order valence-corrected chi connectivity index (χ2v) is 17.3. The summed E-state index contributed by atoms with van der Waals surface area (Å²) < 4.78 is 32.3. The topological polar surface area (TPSA) is 81.5 Å². The van der Waals surface area contributed by atoms with E-state index in [4.69, 9.17) is 4.74 Å². The number of carbonyl (C=O) groups is 1. The third kappa shape index (κ3) is 8.67. The van der Waals surface area contributed by atoms with Crippen molar-refractivity contribution >= 4 is 21.4 Å². The number of amides is 1. The highest BCUT2D eigenvalue weighted by molar-refractivity contribution is 7.91. The fourth-order valence-electron chi connectivity index (χ4n) is 7.52. The van der Waals surface area contributed by atoms with Crippen molar-refractivity contribution in [3.63, 3.8) is 0 Å². The van der Waals surface area contributed by atoms with Crippen LogP contribution in [0.15, 0.2) is 54.9 Å². The summed E-state index contributed by atoms with van der Waals surface area (Å²) >= 11 is 0. The molecule has 1 heterocycles. The van der Waals surface area contributed by atoms with Crippen molar-refractivity contribution in [3.8, 4) is 16.9 Å². The normalized spacial score (nSPS) is 22.0. The van der Waals surface area contributed by atoms with Crippen LogP contribution in [0.1, 0.15) is 109 Å². The molecule has 7 nitrogen and oxygen atoms in total. The monoisotopic (exact) mass is 661 g/mol. The van der Waals surface area contributed by atoms with Crippen LogP contribution in [-0.4, -0.2) is 48.8 Å². The first-order valence-corrected chi connectivity index (χ1v) is 19.5. The van der Waals surface area contributed by atoms with E-state index in [1.54, 1.807) is 21.0 Å². The summed E-state index contributed by atoms with van der Waals surface area (Å²) in [7, 11) is -1.31. The maximum atomic E-state index is 14.4. The molecule has 2 fully saturated rings. The molecule has 5 rings (SSSR count). The van der Waals surface area contributed by atoms with Gasteiger partial charge in [0.25, 0.3) is 0 Å². The lowest BCUT2D eigenvalue weighted by Crippen LogP contribution is -2.41. The van der Waals surface area contributed by atoms with Gasteiger partial charge in [0.1, 0.15) is 5.75 Å². The zero-order valence-corrected chi connectivity index (χ0v) is 30.1. The van der Waals surface area contributed by atoms with Gasteiger partial charge in [-0.15, -0.1) is 0 Å². The molecule has 0 radical (unpaired) electrons. The highest BCUT2D eigenvalue weighted by Gasteiger charge is 2.33. The molecule has 0 bridgehead atoms. The number of carbonyl (C=O) groups excluding carboxylic acids is 1. The quantitative estimate of drug-likeness (QED) is 0.194. The van der Waals surface area contributed by atoms with Crippen LogP contribution in [0.4, 0.5) is 5.69 Å². The van der Waals surface area contributed by atoms with E-state index < -0.39 is 9.84 Å². The lowest BCUT2D eigenvalue weighted by molar-refractivity contribution is -0.123. The third-order valence-electron chi connectivity index (χ3n) is 10.8. The number of methoxy groups -OCH3 is 1. The lowest BCUT2D eigenvalue weighted by Gasteiger charge is -2.36. The van der Waals surface area contributed by atoms with Gasteiger partial charge in [0.15, 0.2) is 9.84 Å². The second kappa shape index (κ2) is 15.4. The predicted octanol–water partition coefficient (Wildman–Crippen LogP) is 8.77. The van der Waals surface area contributed by atoms with Gasteiger partial charge in [0.05, 0.1) is 24.3 Å². The molecule has 47 heavy (non-hydrogen) atoms. The van der Waals surface area contributed by atoms with Gasteiger partial charge in [-0.25, -0.2) is 8.42 Å². The molecule has 3 aromatic rings. The molecular weight excluding hydrogens is 607 g/mol. The number of ether oxygens (including phenoxy) is 1. The minimum Gasteiger partial charge on any atom is -0.496 e. The summed E-state index contributed by atoms with van der Waals surface area (Å²) in [6.07, 6.45) is 12.6. The van der Waals surface area contributed by atoms with E-state index >= 15 is 0 Å². The van der Waals surface area contributed by atoms with Crippen LogP contribution in [0.3, 0.4) is 0 Å². The molecule has 1 amide bonds. The standard InChI is InChI=1S/C39H55N3O4S/c1-27(2)42-26-36(24-40-42)34-8-7-9-37(23-34)41(39(43)33-16-10-30(11-17-33)20-21-47(44,45)28(3)4)25-31-12-14-32(15-13-31)35-18-19-38(46-6)29(5)22-35/h7-9,18-19,22-24,26-28,30-33H,10-17,20-21,25H2,1-6H3. The van der Waals surface area contributed by atoms with E-state index in [9.17, 15) is 13.2 Å². The zero-order valence-electron chi connectivity index (χ0n) is 29.3. The summed E-state index contributed by atoms with van der Waals surface area (Å²) in [5, 5.41) is 4.22. The Kier molecular flexibility index (Phi) is 11.5. The molecule has 0 aliphatic heterocycles. The Balaban J connectivity index is 1.30. The smallest absolute Gasteiger partial charge is 0.230 e. The van der Waals surface area contributed by atoms with Crippen LogP contribution in [0.25, 0.3) is 11.1 Å². The number of aryl methyl sites for hydroxylation is 1. The van der Waals surface area contributed by atoms with Crippen LogP contribution in [-0.2, 0) is 14.6 Å². The molecule has 1 aromatic heterocycles.